The van der Waals surface area contributed by atoms with Gasteiger partial charge in [0.25, 0.3) is 0 Å². The molecule has 3 heterocycles. The van der Waals surface area contributed by atoms with Crippen molar-refractivity contribution in [3.63, 3.8) is 0 Å². The van der Waals surface area contributed by atoms with E-state index in [9.17, 15) is 0 Å². The maximum absolute atomic E-state index is 5.91. The van der Waals surface area contributed by atoms with Crippen molar-refractivity contribution in [3.8, 4) is 0 Å². The second-order valence-electron chi connectivity index (χ2n) is 6.57. The standard InChI is InChI=1S/C16H23N5O2/c1-22-13-6-12(8-21-5-4-15(17)19-21)20(9-13)10-16-18-7-14(23-16)11-2-3-11/h4-5,7,11-13H,2-3,6,8-10H2,1H3,(H2,17,19)/t12-,13-/m0/s1. The molecule has 0 aromatic carbocycles. The third-order valence-corrected chi connectivity index (χ3v) is 4.77. The van der Waals surface area contributed by atoms with Crippen molar-refractivity contribution in [2.75, 3.05) is 19.4 Å². The van der Waals surface area contributed by atoms with E-state index in [-0.39, 0.29) is 6.10 Å². The fraction of sp³-hybridized carbons (Fsp3) is 0.625. The summed E-state index contributed by atoms with van der Waals surface area (Å²) in [6.07, 6.45) is 7.49. The smallest absolute Gasteiger partial charge is 0.208 e. The number of hydrogen-bond donors (Lipinski definition) is 1. The molecule has 1 aliphatic heterocycles. The lowest BCUT2D eigenvalue weighted by Crippen LogP contribution is -2.33. The van der Waals surface area contributed by atoms with Crippen LogP contribution in [0.2, 0.25) is 0 Å². The molecule has 0 radical (unpaired) electrons. The minimum absolute atomic E-state index is 0.241. The number of hydrogen-bond acceptors (Lipinski definition) is 6. The molecule has 1 saturated heterocycles. The zero-order valence-corrected chi connectivity index (χ0v) is 13.4. The number of methoxy groups -OCH3 is 1. The summed E-state index contributed by atoms with van der Waals surface area (Å²) in [5.41, 5.74) is 5.71. The number of likely N-dealkylation sites (tertiary alicyclic amines) is 1. The molecule has 1 aliphatic carbocycles. The monoisotopic (exact) mass is 317 g/mol. The molecular formula is C16H23N5O2. The fourth-order valence-electron chi connectivity index (χ4n) is 3.31. The van der Waals surface area contributed by atoms with Crippen LogP contribution in [0.25, 0.3) is 0 Å². The molecule has 0 bridgehead atoms. The first kappa shape index (κ1) is 14.7. The second kappa shape index (κ2) is 5.98. The van der Waals surface area contributed by atoms with Crippen LogP contribution < -0.4 is 5.73 Å². The molecular weight excluding hydrogens is 294 g/mol. The highest BCUT2D eigenvalue weighted by molar-refractivity contribution is 5.23. The van der Waals surface area contributed by atoms with E-state index >= 15 is 0 Å². The van der Waals surface area contributed by atoms with Crippen LogP contribution in [0.4, 0.5) is 5.82 Å². The van der Waals surface area contributed by atoms with Crippen LogP contribution in [0.5, 0.6) is 0 Å². The molecule has 0 unspecified atom stereocenters. The fourth-order valence-corrected chi connectivity index (χ4v) is 3.31. The van der Waals surface area contributed by atoms with Gasteiger partial charge in [0.2, 0.25) is 5.89 Å². The molecule has 2 aliphatic rings. The molecule has 2 aromatic rings. The van der Waals surface area contributed by atoms with E-state index in [2.05, 4.69) is 15.0 Å². The lowest BCUT2D eigenvalue weighted by Gasteiger charge is -2.22. The van der Waals surface area contributed by atoms with Crippen LogP contribution in [0.15, 0.2) is 22.9 Å². The van der Waals surface area contributed by atoms with Gasteiger partial charge in [-0.1, -0.05) is 0 Å². The Morgan fingerprint density at radius 1 is 1.43 bits per heavy atom. The van der Waals surface area contributed by atoms with Crippen LogP contribution >= 0.6 is 0 Å². The zero-order chi connectivity index (χ0) is 15.8. The number of nitrogen functional groups attached to an aromatic ring is 1. The first-order valence-corrected chi connectivity index (χ1v) is 8.21. The van der Waals surface area contributed by atoms with Gasteiger partial charge in [0.05, 0.1) is 25.4 Å². The summed E-state index contributed by atoms with van der Waals surface area (Å²) < 4.78 is 13.4. The van der Waals surface area contributed by atoms with Crippen molar-refractivity contribution in [2.24, 2.45) is 0 Å². The minimum atomic E-state index is 0.241. The first-order chi connectivity index (χ1) is 11.2. The normalized spacial score (nSPS) is 25.3. The van der Waals surface area contributed by atoms with Gasteiger partial charge in [-0.2, -0.15) is 5.10 Å². The van der Waals surface area contributed by atoms with Gasteiger partial charge in [0.15, 0.2) is 0 Å². The minimum Gasteiger partial charge on any atom is -0.444 e. The molecule has 1 saturated carbocycles. The van der Waals surface area contributed by atoms with Crippen molar-refractivity contribution in [2.45, 2.75) is 50.4 Å². The SMILES string of the molecule is CO[C@H]1C[C@@H](Cn2ccc(N)n2)N(Cc2ncc(C3CC3)o2)C1. The van der Waals surface area contributed by atoms with E-state index in [0.717, 1.165) is 31.2 Å². The Labute approximate surface area is 135 Å². The van der Waals surface area contributed by atoms with Crippen LogP contribution in [-0.2, 0) is 17.8 Å². The molecule has 7 heteroatoms. The lowest BCUT2D eigenvalue weighted by molar-refractivity contribution is 0.105. The maximum atomic E-state index is 5.91. The molecule has 2 aromatic heterocycles. The highest BCUT2D eigenvalue weighted by atomic mass is 16.5. The molecule has 4 rings (SSSR count). The number of rotatable bonds is 6. The van der Waals surface area contributed by atoms with E-state index in [4.69, 9.17) is 14.9 Å². The molecule has 0 spiro atoms. The predicted octanol–water partition coefficient (Wildman–Crippen LogP) is 1.62. The molecule has 23 heavy (non-hydrogen) atoms. The Morgan fingerprint density at radius 3 is 3.00 bits per heavy atom. The third kappa shape index (κ3) is 3.25. The number of oxazole rings is 1. The molecule has 0 amide bonds. The van der Waals surface area contributed by atoms with Crippen LogP contribution in [-0.4, -0.2) is 45.5 Å². The van der Waals surface area contributed by atoms with Gasteiger partial charge >= 0.3 is 0 Å². The first-order valence-electron chi connectivity index (χ1n) is 8.21. The maximum Gasteiger partial charge on any atom is 0.208 e. The van der Waals surface area contributed by atoms with E-state index in [1.807, 2.05) is 23.1 Å². The number of ether oxygens (including phenoxy) is 1. The molecule has 2 fully saturated rings. The van der Waals surface area contributed by atoms with Gasteiger partial charge in [-0.15, -0.1) is 0 Å². The number of nitrogens with two attached hydrogens (primary N) is 1. The van der Waals surface area contributed by atoms with Crippen LogP contribution in [0, 0.1) is 0 Å². The summed E-state index contributed by atoms with van der Waals surface area (Å²) in [5, 5.41) is 4.29. The molecule has 2 atom stereocenters. The van der Waals surface area contributed by atoms with Crippen molar-refractivity contribution in [3.05, 3.63) is 30.1 Å². The van der Waals surface area contributed by atoms with E-state index in [1.165, 1.54) is 12.8 Å². The highest BCUT2D eigenvalue weighted by Gasteiger charge is 2.34. The zero-order valence-electron chi connectivity index (χ0n) is 13.4. The van der Waals surface area contributed by atoms with Gasteiger partial charge in [0.1, 0.15) is 11.6 Å². The highest BCUT2D eigenvalue weighted by Crippen LogP contribution is 2.40. The van der Waals surface area contributed by atoms with Crippen molar-refractivity contribution in [1.82, 2.24) is 19.7 Å². The van der Waals surface area contributed by atoms with Crippen molar-refractivity contribution >= 4 is 5.82 Å². The number of nitrogens with zero attached hydrogens (tertiary/aromatic N) is 4. The van der Waals surface area contributed by atoms with Crippen molar-refractivity contribution in [1.29, 1.82) is 0 Å². The summed E-state index contributed by atoms with van der Waals surface area (Å²) >= 11 is 0. The van der Waals surface area contributed by atoms with Gasteiger partial charge < -0.3 is 14.9 Å². The van der Waals surface area contributed by atoms with E-state index < -0.39 is 0 Å². The third-order valence-electron chi connectivity index (χ3n) is 4.77. The Bertz CT molecular complexity index is 663. The summed E-state index contributed by atoms with van der Waals surface area (Å²) in [6.45, 7) is 2.40. The van der Waals surface area contributed by atoms with E-state index in [1.54, 1.807) is 7.11 Å². The Hall–Kier alpha value is -1.86. The number of aromatic nitrogens is 3. The number of anilines is 1. The van der Waals surface area contributed by atoms with Gasteiger partial charge in [-0.05, 0) is 25.3 Å². The van der Waals surface area contributed by atoms with Gasteiger partial charge in [0, 0.05) is 31.8 Å². The Kier molecular flexibility index (Phi) is 3.82. The van der Waals surface area contributed by atoms with E-state index in [0.29, 0.717) is 24.3 Å². The topological polar surface area (TPSA) is 82.3 Å². The lowest BCUT2D eigenvalue weighted by atomic mass is 10.2. The summed E-state index contributed by atoms with van der Waals surface area (Å²) in [7, 11) is 1.77. The summed E-state index contributed by atoms with van der Waals surface area (Å²) in [5.74, 6) is 3.00. The van der Waals surface area contributed by atoms with Crippen molar-refractivity contribution < 1.29 is 9.15 Å². The Morgan fingerprint density at radius 2 is 2.30 bits per heavy atom. The van der Waals surface area contributed by atoms with Crippen LogP contribution in [0.3, 0.4) is 0 Å². The average molecular weight is 317 g/mol. The Balaban J connectivity index is 1.44. The van der Waals surface area contributed by atoms with Gasteiger partial charge in [-0.3, -0.25) is 9.58 Å². The molecule has 2 N–H and O–H groups in total. The quantitative estimate of drug-likeness (QED) is 0.872. The molecule has 7 nitrogen and oxygen atoms in total. The summed E-state index contributed by atoms with van der Waals surface area (Å²) in [6, 6.07) is 2.17. The largest absolute Gasteiger partial charge is 0.444 e. The van der Waals surface area contributed by atoms with Gasteiger partial charge in [-0.25, -0.2) is 4.98 Å². The molecule has 124 valence electrons. The van der Waals surface area contributed by atoms with Crippen LogP contribution in [0.1, 0.15) is 36.8 Å². The predicted molar refractivity (Wildman–Crippen MR) is 84.7 cm³/mol. The average Bonchev–Trinajstić information content (AvgIpc) is 2.96. The second-order valence-corrected chi connectivity index (χ2v) is 6.57. The summed E-state index contributed by atoms with van der Waals surface area (Å²) in [4.78, 5) is 6.82.